The number of aryl methyl sites for hydroxylation is 1. The number of hydrogen-bond donors (Lipinski definition) is 2. The van der Waals surface area contributed by atoms with Gasteiger partial charge in [-0.3, -0.25) is 4.90 Å². The van der Waals surface area contributed by atoms with Crippen molar-refractivity contribution in [3.8, 4) is 11.8 Å². The summed E-state index contributed by atoms with van der Waals surface area (Å²) < 4.78 is 20.3. The number of nitrogens with one attached hydrogen (secondary N) is 1. The van der Waals surface area contributed by atoms with Crippen molar-refractivity contribution >= 4 is 28.1 Å². The van der Waals surface area contributed by atoms with Gasteiger partial charge in [-0.15, -0.1) is 0 Å². The van der Waals surface area contributed by atoms with E-state index in [0.717, 1.165) is 42.4 Å². The number of ether oxygens (including phenoxy) is 1. The molecule has 3 N–H and O–H groups in total. The van der Waals surface area contributed by atoms with Crippen molar-refractivity contribution in [1.29, 1.82) is 5.26 Å². The third-order valence-electron chi connectivity index (χ3n) is 5.45. The van der Waals surface area contributed by atoms with Crippen LogP contribution in [0.2, 0.25) is 0 Å². The molecule has 1 fully saturated rings. The van der Waals surface area contributed by atoms with E-state index in [9.17, 15) is 4.39 Å². The van der Waals surface area contributed by atoms with Crippen LogP contribution in [0.25, 0.3) is 10.9 Å². The number of fused-ring (bicyclic) bond motifs is 1. The van der Waals surface area contributed by atoms with E-state index in [1.54, 1.807) is 12.1 Å². The van der Waals surface area contributed by atoms with Crippen molar-refractivity contribution in [2.24, 2.45) is 0 Å². The molecule has 0 amide bonds. The first-order valence-corrected chi connectivity index (χ1v) is 10.4. The second-order valence-corrected chi connectivity index (χ2v) is 7.81. The SMILES string of the molecule is Cc1cc(N)cc2ncnc(Nc3ccc(F)cc3OC3CCCN(CCC#N)C3)c12. The molecule has 0 spiro atoms. The predicted octanol–water partition coefficient (Wildman–Crippen LogP) is 4.16. The molecule has 2 heterocycles. The number of piperidine rings is 1. The number of anilines is 3. The highest BCUT2D eigenvalue weighted by Crippen LogP contribution is 2.33. The number of nitriles is 1. The third kappa shape index (κ3) is 4.84. The number of rotatable bonds is 6. The van der Waals surface area contributed by atoms with Crippen LogP contribution in [0, 0.1) is 24.1 Å². The maximum absolute atomic E-state index is 14.1. The van der Waals surface area contributed by atoms with Gasteiger partial charge >= 0.3 is 0 Å². The molecule has 1 aliphatic heterocycles. The molecule has 0 saturated carbocycles. The van der Waals surface area contributed by atoms with Gasteiger partial charge in [0.25, 0.3) is 0 Å². The van der Waals surface area contributed by atoms with E-state index in [-0.39, 0.29) is 11.9 Å². The van der Waals surface area contributed by atoms with E-state index >= 15 is 0 Å². The van der Waals surface area contributed by atoms with Crippen LogP contribution in [0.4, 0.5) is 21.6 Å². The van der Waals surface area contributed by atoms with E-state index in [1.807, 2.05) is 13.0 Å². The van der Waals surface area contributed by atoms with Crippen molar-refractivity contribution in [3.05, 3.63) is 48.0 Å². The zero-order chi connectivity index (χ0) is 21.8. The number of nitrogen functional groups attached to an aromatic ring is 1. The van der Waals surface area contributed by atoms with Gasteiger partial charge in [0.1, 0.15) is 29.8 Å². The number of aromatic nitrogens is 2. The summed E-state index contributed by atoms with van der Waals surface area (Å²) in [6.45, 7) is 4.34. The van der Waals surface area contributed by atoms with Gasteiger partial charge in [0.15, 0.2) is 0 Å². The van der Waals surface area contributed by atoms with Crippen LogP contribution in [0.3, 0.4) is 0 Å². The molecule has 31 heavy (non-hydrogen) atoms. The van der Waals surface area contributed by atoms with Crippen LogP contribution in [-0.4, -0.2) is 40.6 Å². The minimum atomic E-state index is -0.366. The number of hydrogen-bond acceptors (Lipinski definition) is 7. The second-order valence-electron chi connectivity index (χ2n) is 7.81. The summed E-state index contributed by atoms with van der Waals surface area (Å²) in [4.78, 5) is 10.9. The summed E-state index contributed by atoms with van der Waals surface area (Å²) in [5, 5.41) is 13.0. The fourth-order valence-electron chi connectivity index (χ4n) is 4.04. The molecule has 2 aromatic carbocycles. The largest absolute Gasteiger partial charge is 0.487 e. The smallest absolute Gasteiger partial charge is 0.146 e. The molecule has 0 radical (unpaired) electrons. The highest BCUT2D eigenvalue weighted by atomic mass is 19.1. The summed E-state index contributed by atoms with van der Waals surface area (Å²) >= 11 is 0. The zero-order valence-corrected chi connectivity index (χ0v) is 17.4. The molecule has 8 heteroatoms. The average Bonchev–Trinajstić information content (AvgIpc) is 2.74. The molecular formula is C23H25FN6O. The summed E-state index contributed by atoms with van der Waals surface area (Å²) in [6.07, 6.45) is 3.75. The van der Waals surface area contributed by atoms with Gasteiger partial charge in [-0.25, -0.2) is 14.4 Å². The number of nitrogens with zero attached hydrogens (tertiary/aromatic N) is 4. The lowest BCUT2D eigenvalue weighted by molar-refractivity contribution is 0.0902. The number of nitrogens with two attached hydrogens (primary N) is 1. The van der Waals surface area contributed by atoms with Gasteiger partial charge in [-0.05, 0) is 56.1 Å². The molecule has 1 aromatic heterocycles. The Morgan fingerprint density at radius 3 is 3.03 bits per heavy atom. The molecule has 0 bridgehead atoms. The van der Waals surface area contributed by atoms with E-state index < -0.39 is 0 Å². The Morgan fingerprint density at radius 2 is 2.19 bits per heavy atom. The summed E-state index contributed by atoms with van der Waals surface area (Å²) in [5.74, 6) is 0.680. The Bertz CT molecular complexity index is 1130. The maximum atomic E-state index is 14.1. The minimum absolute atomic E-state index is 0.0709. The second kappa shape index (κ2) is 9.14. The van der Waals surface area contributed by atoms with E-state index in [1.165, 1.54) is 18.5 Å². The first-order chi connectivity index (χ1) is 15.0. The molecule has 0 aliphatic carbocycles. The Labute approximate surface area is 180 Å². The first kappa shape index (κ1) is 20.8. The normalized spacial score (nSPS) is 16.7. The van der Waals surface area contributed by atoms with Crippen LogP contribution in [0.5, 0.6) is 5.75 Å². The van der Waals surface area contributed by atoms with Crippen molar-refractivity contribution in [1.82, 2.24) is 14.9 Å². The fourth-order valence-corrected chi connectivity index (χ4v) is 4.04. The molecule has 1 atom stereocenters. The Hall–Kier alpha value is -3.44. The van der Waals surface area contributed by atoms with Gasteiger partial charge in [-0.1, -0.05) is 0 Å². The van der Waals surface area contributed by atoms with E-state index in [2.05, 4.69) is 26.3 Å². The Balaban J connectivity index is 1.60. The quantitative estimate of drug-likeness (QED) is 0.578. The number of likely N-dealkylation sites (tertiary alicyclic amines) is 1. The van der Waals surface area contributed by atoms with Crippen LogP contribution in [0.15, 0.2) is 36.7 Å². The van der Waals surface area contributed by atoms with Crippen molar-refractivity contribution in [3.63, 3.8) is 0 Å². The molecule has 1 unspecified atom stereocenters. The monoisotopic (exact) mass is 420 g/mol. The van der Waals surface area contributed by atoms with Gasteiger partial charge in [0, 0.05) is 36.7 Å². The van der Waals surface area contributed by atoms with Crippen molar-refractivity contribution in [2.75, 3.05) is 30.7 Å². The molecule has 4 rings (SSSR count). The van der Waals surface area contributed by atoms with Crippen LogP contribution in [0.1, 0.15) is 24.8 Å². The maximum Gasteiger partial charge on any atom is 0.146 e. The molecule has 160 valence electrons. The molecule has 1 saturated heterocycles. The predicted molar refractivity (Wildman–Crippen MR) is 119 cm³/mol. The average molecular weight is 420 g/mol. The Kier molecular flexibility index (Phi) is 6.14. The number of benzene rings is 2. The molecular weight excluding hydrogens is 395 g/mol. The fraction of sp³-hybridized carbons (Fsp3) is 0.348. The lowest BCUT2D eigenvalue weighted by Crippen LogP contribution is -2.41. The van der Waals surface area contributed by atoms with Crippen LogP contribution in [-0.2, 0) is 0 Å². The van der Waals surface area contributed by atoms with Gasteiger partial charge in [0.2, 0.25) is 0 Å². The highest BCUT2D eigenvalue weighted by molar-refractivity contribution is 5.95. The highest BCUT2D eigenvalue weighted by Gasteiger charge is 2.22. The molecule has 1 aliphatic rings. The van der Waals surface area contributed by atoms with Gasteiger partial charge in [-0.2, -0.15) is 5.26 Å². The molecule has 7 nitrogen and oxygen atoms in total. The lowest BCUT2D eigenvalue weighted by Gasteiger charge is -2.32. The van der Waals surface area contributed by atoms with Gasteiger partial charge < -0.3 is 15.8 Å². The minimum Gasteiger partial charge on any atom is -0.487 e. The number of halogens is 1. The van der Waals surface area contributed by atoms with Crippen LogP contribution >= 0.6 is 0 Å². The van der Waals surface area contributed by atoms with E-state index in [0.29, 0.717) is 35.9 Å². The Morgan fingerprint density at radius 1 is 1.32 bits per heavy atom. The summed E-state index contributed by atoms with van der Waals surface area (Å²) in [7, 11) is 0. The van der Waals surface area contributed by atoms with Gasteiger partial charge in [0.05, 0.1) is 17.3 Å². The van der Waals surface area contributed by atoms with Crippen molar-refractivity contribution in [2.45, 2.75) is 32.3 Å². The lowest BCUT2D eigenvalue weighted by atomic mass is 10.1. The first-order valence-electron chi connectivity index (χ1n) is 10.4. The molecule has 3 aromatic rings. The third-order valence-corrected chi connectivity index (χ3v) is 5.45. The summed E-state index contributed by atoms with van der Waals surface area (Å²) in [6, 6.07) is 10.3. The van der Waals surface area contributed by atoms with Crippen LogP contribution < -0.4 is 15.8 Å². The van der Waals surface area contributed by atoms with Crippen molar-refractivity contribution < 1.29 is 9.13 Å². The topological polar surface area (TPSA) is 100 Å². The zero-order valence-electron chi connectivity index (χ0n) is 17.4. The standard InChI is InChI=1S/C23H25FN6O/c1-15-10-17(26)12-20-22(15)23(28-14-27-20)29-19-6-5-16(24)11-21(19)31-18-4-2-8-30(13-18)9-3-7-25/h5-6,10-12,14,18H,2-4,8-9,13,26H2,1H3,(H,27,28,29). The summed E-state index contributed by atoms with van der Waals surface area (Å²) in [5.41, 5.74) is 8.90. The van der Waals surface area contributed by atoms with E-state index in [4.69, 9.17) is 15.7 Å².